The summed E-state index contributed by atoms with van der Waals surface area (Å²) in [5.41, 5.74) is 0. The van der Waals surface area contributed by atoms with Crippen LogP contribution < -0.4 is 5.32 Å². The molecule has 0 saturated carbocycles. The molecule has 7 heteroatoms. The number of hydrogen-bond acceptors (Lipinski definition) is 5. The molecule has 0 saturated heterocycles. The van der Waals surface area contributed by atoms with Gasteiger partial charge in [-0.2, -0.15) is 0 Å². The summed E-state index contributed by atoms with van der Waals surface area (Å²) in [6, 6.07) is 3.98. The summed E-state index contributed by atoms with van der Waals surface area (Å²) >= 11 is 0. The van der Waals surface area contributed by atoms with Crippen LogP contribution in [0.4, 0.5) is 0 Å². The maximum atomic E-state index is 12.0. The molecule has 142 valence electrons. The number of nitrogens with zero attached hydrogens (tertiary/aromatic N) is 4. The number of rotatable bonds is 6. The van der Waals surface area contributed by atoms with Gasteiger partial charge in [0.2, 0.25) is 5.91 Å². The molecule has 1 atom stereocenters. The van der Waals surface area contributed by atoms with Gasteiger partial charge in [0.25, 0.3) is 0 Å². The van der Waals surface area contributed by atoms with E-state index < -0.39 is 0 Å². The SMILES string of the molecule is CCc1ccc(CN2CCc3nnc([C@H](C)NC(=O)C(C)C)n3CC2)o1. The lowest BCUT2D eigenvalue weighted by Gasteiger charge is -2.19. The molecule has 0 unspecified atom stereocenters. The number of aryl methyl sites for hydroxylation is 1. The van der Waals surface area contributed by atoms with Crippen LogP contribution in [0.25, 0.3) is 0 Å². The fraction of sp³-hybridized carbons (Fsp3) is 0.632. The molecule has 1 amide bonds. The zero-order valence-electron chi connectivity index (χ0n) is 16.2. The van der Waals surface area contributed by atoms with Gasteiger partial charge in [0, 0.05) is 38.4 Å². The minimum Gasteiger partial charge on any atom is -0.465 e. The molecule has 1 aliphatic rings. The average molecular weight is 359 g/mol. The zero-order valence-corrected chi connectivity index (χ0v) is 16.2. The van der Waals surface area contributed by atoms with E-state index in [1.165, 1.54) is 0 Å². The van der Waals surface area contributed by atoms with Gasteiger partial charge in [-0.15, -0.1) is 10.2 Å². The minimum absolute atomic E-state index is 0.0367. The standard InChI is InChI=1S/C19H29N5O2/c1-5-15-6-7-16(26-15)12-23-9-8-17-21-22-18(24(17)11-10-23)14(4)20-19(25)13(2)3/h6-7,13-14H,5,8-12H2,1-4H3,(H,20,25)/t14-/m0/s1. The summed E-state index contributed by atoms with van der Waals surface area (Å²) in [5.74, 6) is 3.86. The highest BCUT2D eigenvalue weighted by molar-refractivity contribution is 5.78. The van der Waals surface area contributed by atoms with Crippen LogP contribution in [0.1, 0.15) is 56.9 Å². The van der Waals surface area contributed by atoms with E-state index in [0.717, 1.165) is 62.2 Å². The van der Waals surface area contributed by atoms with Crippen LogP contribution >= 0.6 is 0 Å². The van der Waals surface area contributed by atoms with E-state index in [-0.39, 0.29) is 17.9 Å². The van der Waals surface area contributed by atoms with E-state index in [9.17, 15) is 4.79 Å². The smallest absolute Gasteiger partial charge is 0.223 e. The van der Waals surface area contributed by atoms with Gasteiger partial charge in [-0.05, 0) is 19.1 Å². The third-order valence-electron chi connectivity index (χ3n) is 4.86. The number of fused-ring (bicyclic) bond motifs is 1. The molecule has 1 N–H and O–H groups in total. The van der Waals surface area contributed by atoms with Crippen molar-refractivity contribution in [2.75, 3.05) is 13.1 Å². The Morgan fingerprint density at radius 1 is 1.19 bits per heavy atom. The van der Waals surface area contributed by atoms with Gasteiger partial charge in [0.15, 0.2) is 5.82 Å². The van der Waals surface area contributed by atoms with Gasteiger partial charge in [0.05, 0.1) is 12.6 Å². The fourth-order valence-corrected chi connectivity index (χ4v) is 3.23. The maximum Gasteiger partial charge on any atom is 0.223 e. The number of furan rings is 1. The molecule has 0 bridgehead atoms. The maximum absolute atomic E-state index is 12.0. The summed E-state index contributed by atoms with van der Waals surface area (Å²) in [7, 11) is 0. The van der Waals surface area contributed by atoms with Gasteiger partial charge in [-0.25, -0.2) is 0 Å². The summed E-state index contributed by atoms with van der Waals surface area (Å²) in [5, 5.41) is 11.7. The second kappa shape index (κ2) is 8.03. The Morgan fingerprint density at radius 2 is 1.96 bits per heavy atom. The molecule has 0 aromatic carbocycles. The van der Waals surface area contributed by atoms with Crippen molar-refractivity contribution in [3.05, 3.63) is 35.3 Å². The van der Waals surface area contributed by atoms with Crippen LogP contribution in [-0.4, -0.2) is 38.7 Å². The Morgan fingerprint density at radius 3 is 2.65 bits per heavy atom. The van der Waals surface area contributed by atoms with Gasteiger partial charge in [-0.3, -0.25) is 9.69 Å². The molecular weight excluding hydrogens is 330 g/mol. The number of amides is 1. The van der Waals surface area contributed by atoms with E-state index in [1.54, 1.807) is 0 Å². The van der Waals surface area contributed by atoms with Crippen LogP contribution in [0.15, 0.2) is 16.5 Å². The molecule has 0 fully saturated rings. The summed E-state index contributed by atoms with van der Waals surface area (Å²) in [6.45, 7) is 11.3. The van der Waals surface area contributed by atoms with Crippen LogP contribution in [0, 0.1) is 5.92 Å². The third-order valence-corrected chi connectivity index (χ3v) is 4.86. The Kier molecular flexibility index (Phi) is 5.76. The lowest BCUT2D eigenvalue weighted by molar-refractivity contribution is -0.124. The van der Waals surface area contributed by atoms with Crippen molar-refractivity contribution in [3.8, 4) is 0 Å². The van der Waals surface area contributed by atoms with Crippen molar-refractivity contribution >= 4 is 5.91 Å². The second-order valence-electron chi connectivity index (χ2n) is 7.26. The molecule has 3 heterocycles. The predicted octanol–water partition coefficient (Wildman–Crippen LogP) is 2.33. The van der Waals surface area contributed by atoms with Gasteiger partial charge >= 0.3 is 0 Å². The largest absolute Gasteiger partial charge is 0.465 e. The minimum atomic E-state index is -0.144. The molecule has 26 heavy (non-hydrogen) atoms. The highest BCUT2D eigenvalue weighted by Gasteiger charge is 2.23. The van der Waals surface area contributed by atoms with E-state index in [2.05, 4.69) is 44.0 Å². The highest BCUT2D eigenvalue weighted by Crippen LogP contribution is 2.18. The lowest BCUT2D eigenvalue weighted by Crippen LogP contribution is -2.32. The van der Waals surface area contributed by atoms with Crippen LogP contribution in [0.5, 0.6) is 0 Å². The summed E-state index contributed by atoms with van der Waals surface area (Å²) in [4.78, 5) is 14.4. The van der Waals surface area contributed by atoms with Crippen molar-refractivity contribution in [1.82, 2.24) is 25.0 Å². The predicted molar refractivity (Wildman–Crippen MR) is 98.5 cm³/mol. The Labute approximate surface area is 154 Å². The van der Waals surface area contributed by atoms with E-state index in [1.807, 2.05) is 20.8 Å². The number of carbonyl (C=O) groups excluding carboxylic acids is 1. The molecule has 0 radical (unpaired) electrons. The Hall–Kier alpha value is -2.15. The number of aromatic nitrogens is 3. The van der Waals surface area contributed by atoms with Gasteiger partial charge in [0.1, 0.15) is 17.3 Å². The van der Waals surface area contributed by atoms with E-state index >= 15 is 0 Å². The normalized spacial score (nSPS) is 16.3. The zero-order chi connectivity index (χ0) is 18.7. The van der Waals surface area contributed by atoms with Crippen molar-refractivity contribution in [2.24, 2.45) is 5.92 Å². The molecule has 0 spiro atoms. The molecule has 0 aliphatic carbocycles. The quantitative estimate of drug-likeness (QED) is 0.857. The van der Waals surface area contributed by atoms with Crippen LogP contribution in [0.2, 0.25) is 0 Å². The van der Waals surface area contributed by atoms with E-state index in [4.69, 9.17) is 4.42 Å². The average Bonchev–Trinajstić information content (AvgIpc) is 3.18. The first-order chi connectivity index (χ1) is 12.5. The van der Waals surface area contributed by atoms with Crippen molar-refractivity contribution < 1.29 is 9.21 Å². The first kappa shape index (κ1) is 18.6. The third kappa shape index (κ3) is 4.15. The monoisotopic (exact) mass is 359 g/mol. The Bertz CT molecular complexity index is 749. The van der Waals surface area contributed by atoms with E-state index in [0.29, 0.717) is 0 Å². The summed E-state index contributed by atoms with van der Waals surface area (Å²) in [6.07, 6.45) is 1.77. The first-order valence-electron chi connectivity index (χ1n) is 9.50. The van der Waals surface area contributed by atoms with Crippen LogP contribution in [-0.2, 0) is 30.7 Å². The molecule has 1 aliphatic heterocycles. The Balaban J connectivity index is 1.64. The van der Waals surface area contributed by atoms with Crippen molar-refractivity contribution in [2.45, 2.75) is 59.7 Å². The van der Waals surface area contributed by atoms with Gasteiger partial charge < -0.3 is 14.3 Å². The van der Waals surface area contributed by atoms with Crippen LogP contribution in [0.3, 0.4) is 0 Å². The van der Waals surface area contributed by atoms with Gasteiger partial charge in [-0.1, -0.05) is 20.8 Å². The lowest BCUT2D eigenvalue weighted by atomic mass is 10.2. The second-order valence-corrected chi connectivity index (χ2v) is 7.26. The highest BCUT2D eigenvalue weighted by atomic mass is 16.3. The van der Waals surface area contributed by atoms with Crippen molar-refractivity contribution in [3.63, 3.8) is 0 Å². The molecular formula is C19H29N5O2. The van der Waals surface area contributed by atoms with Crippen molar-refractivity contribution in [1.29, 1.82) is 0 Å². The molecule has 2 aromatic rings. The summed E-state index contributed by atoms with van der Waals surface area (Å²) < 4.78 is 8.00. The molecule has 3 rings (SSSR count). The first-order valence-corrected chi connectivity index (χ1v) is 9.50. The molecule has 2 aromatic heterocycles. The topological polar surface area (TPSA) is 76.2 Å². The number of hydrogen-bond donors (Lipinski definition) is 1. The molecule has 7 nitrogen and oxygen atoms in total. The fourth-order valence-electron chi connectivity index (χ4n) is 3.23. The number of carbonyl (C=O) groups is 1. The number of nitrogens with one attached hydrogen (secondary N) is 1.